The Labute approximate surface area is 97.9 Å². The molecule has 1 aliphatic rings. The number of rotatable bonds is 2. The summed E-state index contributed by atoms with van der Waals surface area (Å²) >= 11 is 0. The summed E-state index contributed by atoms with van der Waals surface area (Å²) in [5, 5.41) is 0. The smallest absolute Gasteiger partial charge is 0.190 e. The summed E-state index contributed by atoms with van der Waals surface area (Å²) in [4.78, 5) is 35.0. The van der Waals surface area contributed by atoms with Gasteiger partial charge in [-0.05, 0) is 31.2 Å². The van der Waals surface area contributed by atoms with Crippen LogP contribution in [0, 0.1) is 0 Å². The van der Waals surface area contributed by atoms with E-state index >= 15 is 0 Å². The fourth-order valence-electron chi connectivity index (χ4n) is 1.87. The van der Waals surface area contributed by atoms with Gasteiger partial charge in [0.05, 0.1) is 12.7 Å². The molecule has 0 heterocycles. The molecular formula is C13H10O4. The summed E-state index contributed by atoms with van der Waals surface area (Å²) in [6.45, 7) is 1.36. The van der Waals surface area contributed by atoms with Crippen LogP contribution < -0.4 is 4.74 Å². The number of hydrogen-bond donors (Lipinski definition) is 0. The molecule has 1 aromatic rings. The first-order chi connectivity index (χ1) is 8.06. The second kappa shape index (κ2) is 3.97. The van der Waals surface area contributed by atoms with Gasteiger partial charge in [0.15, 0.2) is 17.3 Å². The van der Waals surface area contributed by atoms with Crippen LogP contribution >= 0.6 is 0 Å². The molecule has 0 saturated carbocycles. The van der Waals surface area contributed by atoms with Crippen molar-refractivity contribution < 1.29 is 19.1 Å². The third-order valence-electron chi connectivity index (χ3n) is 2.65. The average molecular weight is 230 g/mol. The van der Waals surface area contributed by atoms with E-state index in [9.17, 15) is 14.4 Å². The Morgan fingerprint density at radius 1 is 1.06 bits per heavy atom. The van der Waals surface area contributed by atoms with Crippen molar-refractivity contribution >= 4 is 17.3 Å². The van der Waals surface area contributed by atoms with Crippen LogP contribution in [0.15, 0.2) is 24.3 Å². The van der Waals surface area contributed by atoms with Crippen molar-refractivity contribution in [3.8, 4) is 5.75 Å². The molecule has 0 saturated heterocycles. The van der Waals surface area contributed by atoms with E-state index in [4.69, 9.17) is 4.74 Å². The molecule has 2 rings (SSSR count). The van der Waals surface area contributed by atoms with Crippen LogP contribution in [0.1, 0.15) is 38.0 Å². The zero-order valence-electron chi connectivity index (χ0n) is 9.44. The SMILES string of the molecule is COc1ccc(C(C)=O)c2c1C(=O)C=CC2=O. The molecule has 17 heavy (non-hydrogen) atoms. The second-order valence-corrected chi connectivity index (χ2v) is 3.68. The van der Waals surface area contributed by atoms with Crippen LogP contribution in [0.5, 0.6) is 5.75 Å². The average Bonchev–Trinajstić information content (AvgIpc) is 2.32. The van der Waals surface area contributed by atoms with E-state index in [1.165, 1.54) is 38.3 Å². The van der Waals surface area contributed by atoms with Crippen molar-refractivity contribution in [1.82, 2.24) is 0 Å². The molecule has 1 aromatic carbocycles. The summed E-state index contributed by atoms with van der Waals surface area (Å²) in [5.74, 6) is -0.601. The Bertz CT molecular complexity index is 567. The number of ether oxygens (including phenoxy) is 1. The molecule has 0 spiro atoms. The van der Waals surface area contributed by atoms with E-state index in [-0.39, 0.29) is 34.0 Å². The summed E-state index contributed by atoms with van der Waals surface area (Å²) < 4.78 is 5.05. The number of hydrogen-bond acceptors (Lipinski definition) is 4. The molecule has 0 fully saturated rings. The van der Waals surface area contributed by atoms with Gasteiger partial charge in [-0.15, -0.1) is 0 Å². The van der Waals surface area contributed by atoms with Gasteiger partial charge in [0.1, 0.15) is 5.75 Å². The van der Waals surface area contributed by atoms with Crippen LogP contribution in [0.3, 0.4) is 0 Å². The minimum absolute atomic E-state index is 0.143. The lowest BCUT2D eigenvalue weighted by Crippen LogP contribution is -2.17. The first kappa shape index (κ1) is 11.3. The van der Waals surface area contributed by atoms with Crippen molar-refractivity contribution in [1.29, 1.82) is 0 Å². The molecule has 86 valence electrons. The van der Waals surface area contributed by atoms with E-state index in [2.05, 4.69) is 0 Å². The van der Waals surface area contributed by atoms with Gasteiger partial charge in [-0.1, -0.05) is 0 Å². The predicted octanol–water partition coefficient (Wildman–Crippen LogP) is 1.83. The Balaban J connectivity index is 2.82. The Kier molecular flexibility index (Phi) is 2.63. The molecule has 0 amide bonds. The number of methoxy groups -OCH3 is 1. The summed E-state index contributed by atoms with van der Waals surface area (Å²) in [7, 11) is 1.42. The molecule has 4 heteroatoms. The van der Waals surface area contributed by atoms with Gasteiger partial charge in [0, 0.05) is 11.1 Å². The third kappa shape index (κ3) is 1.67. The number of Topliss-reactive ketones (excluding diaryl/α,β-unsaturated/α-hetero) is 1. The first-order valence-electron chi connectivity index (χ1n) is 5.05. The van der Waals surface area contributed by atoms with Crippen LogP contribution in [0.25, 0.3) is 0 Å². The maximum Gasteiger partial charge on any atom is 0.190 e. The summed E-state index contributed by atoms with van der Waals surface area (Å²) in [5.41, 5.74) is 0.570. The zero-order valence-corrected chi connectivity index (χ0v) is 9.44. The number of carbonyl (C=O) groups excluding carboxylic acids is 3. The molecule has 0 radical (unpaired) electrons. The van der Waals surface area contributed by atoms with Crippen molar-refractivity contribution in [2.24, 2.45) is 0 Å². The van der Waals surface area contributed by atoms with Gasteiger partial charge < -0.3 is 4.74 Å². The highest BCUT2D eigenvalue weighted by Gasteiger charge is 2.27. The highest BCUT2D eigenvalue weighted by molar-refractivity contribution is 6.26. The maximum atomic E-state index is 11.8. The quantitative estimate of drug-likeness (QED) is 0.727. The Hall–Kier alpha value is -2.23. The number of benzene rings is 1. The van der Waals surface area contributed by atoms with E-state index in [0.717, 1.165) is 0 Å². The molecule has 1 aliphatic carbocycles. The molecule has 0 unspecified atom stereocenters. The van der Waals surface area contributed by atoms with E-state index in [1.54, 1.807) is 0 Å². The first-order valence-corrected chi connectivity index (χ1v) is 5.05. The van der Waals surface area contributed by atoms with Crippen molar-refractivity contribution in [3.63, 3.8) is 0 Å². The van der Waals surface area contributed by atoms with Crippen LogP contribution in [-0.2, 0) is 0 Å². The normalized spacial score (nSPS) is 13.5. The summed E-state index contributed by atoms with van der Waals surface area (Å²) in [6.07, 6.45) is 2.37. The molecule has 4 nitrogen and oxygen atoms in total. The number of fused-ring (bicyclic) bond motifs is 1. The van der Waals surface area contributed by atoms with Crippen molar-refractivity contribution in [3.05, 3.63) is 41.0 Å². The second-order valence-electron chi connectivity index (χ2n) is 3.68. The molecular weight excluding hydrogens is 220 g/mol. The summed E-state index contributed by atoms with van der Waals surface area (Å²) in [6, 6.07) is 3.03. The Morgan fingerprint density at radius 3 is 2.18 bits per heavy atom. The predicted molar refractivity (Wildman–Crippen MR) is 60.8 cm³/mol. The van der Waals surface area contributed by atoms with E-state index in [1.807, 2.05) is 0 Å². The minimum Gasteiger partial charge on any atom is -0.496 e. The lowest BCUT2D eigenvalue weighted by Gasteiger charge is -2.15. The molecule has 0 N–H and O–H groups in total. The van der Waals surface area contributed by atoms with Gasteiger partial charge in [-0.25, -0.2) is 0 Å². The molecule has 0 bridgehead atoms. The van der Waals surface area contributed by atoms with Crippen LogP contribution in [0.2, 0.25) is 0 Å². The third-order valence-corrected chi connectivity index (χ3v) is 2.65. The highest BCUT2D eigenvalue weighted by atomic mass is 16.5. The molecule has 0 atom stereocenters. The lowest BCUT2D eigenvalue weighted by atomic mass is 9.88. The van der Waals surface area contributed by atoms with Crippen molar-refractivity contribution in [2.45, 2.75) is 6.92 Å². The van der Waals surface area contributed by atoms with Gasteiger partial charge in [0.25, 0.3) is 0 Å². The largest absolute Gasteiger partial charge is 0.496 e. The van der Waals surface area contributed by atoms with E-state index < -0.39 is 0 Å². The minimum atomic E-state index is -0.344. The van der Waals surface area contributed by atoms with Gasteiger partial charge in [-0.2, -0.15) is 0 Å². The zero-order chi connectivity index (χ0) is 12.6. The van der Waals surface area contributed by atoms with Crippen molar-refractivity contribution in [2.75, 3.05) is 7.11 Å². The monoisotopic (exact) mass is 230 g/mol. The number of allylic oxidation sites excluding steroid dienone is 2. The van der Waals surface area contributed by atoms with Gasteiger partial charge in [-0.3, -0.25) is 14.4 Å². The molecule has 0 aliphatic heterocycles. The highest BCUT2D eigenvalue weighted by Crippen LogP contribution is 2.29. The van der Waals surface area contributed by atoms with E-state index in [0.29, 0.717) is 5.75 Å². The fraction of sp³-hybridized carbons (Fsp3) is 0.154. The topological polar surface area (TPSA) is 60.4 Å². The lowest BCUT2D eigenvalue weighted by molar-refractivity contribution is 0.0976. The molecule has 0 aromatic heterocycles. The van der Waals surface area contributed by atoms with Crippen LogP contribution in [-0.4, -0.2) is 24.5 Å². The van der Waals surface area contributed by atoms with Crippen LogP contribution in [0.4, 0.5) is 0 Å². The number of carbonyl (C=O) groups is 3. The Morgan fingerprint density at radius 2 is 1.65 bits per heavy atom. The standard InChI is InChI=1S/C13H10O4/c1-7(14)8-3-6-11(17-2)13-10(16)5-4-9(15)12(8)13/h3-6H,1-2H3. The van der Waals surface area contributed by atoms with Gasteiger partial charge >= 0.3 is 0 Å². The number of ketones is 3. The maximum absolute atomic E-state index is 11.8. The van der Waals surface area contributed by atoms with Gasteiger partial charge in [0.2, 0.25) is 0 Å². The fourth-order valence-corrected chi connectivity index (χ4v) is 1.87.